The van der Waals surface area contributed by atoms with Crippen LogP contribution in [0.25, 0.3) is 5.69 Å². The van der Waals surface area contributed by atoms with E-state index in [1.165, 1.54) is 17.0 Å². The molecule has 7 heteroatoms. The van der Waals surface area contributed by atoms with Gasteiger partial charge in [0.15, 0.2) is 0 Å². The van der Waals surface area contributed by atoms with Gasteiger partial charge in [-0.25, -0.2) is 13.9 Å². The van der Waals surface area contributed by atoms with E-state index in [2.05, 4.69) is 10.4 Å². The third-order valence-corrected chi connectivity index (χ3v) is 3.81. The van der Waals surface area contributed by atoms with E-state index in [9.17, 15) is 14.3 Å². The van der Waals surface area contributed by atoms with Crippen molar-refractivity contribution in [3.63, 3.8) is 0 Å². The minimum atomic E-state index is -0.584. The number of aliphatic hydroxyl groups is 1. The molecule has 0 saturated carbocycles. The molecule has 2 unspecified atom stereocenters. The Hall–Kier alpha value is -2.41. The highest BCUT2D eigenvalue weighted by Gasteiger charge is 2.18. The number of aromatic nitrogens is 2. The number of likely N-dealkylation sites (N-methyl/N-ethyl adjacent to an activating group) is 1. The van der Waals surface area contributed by atoms with Gasteiger partial charge in [0, 0.05) is 24.8 Å². The molecule has 0 aliphatic carbocycles. The third kappa shape index (κ3) is 4.11. The Balaban J connectivity index is 2.12. The first-order valence-electron chi connectivity index (χ1n) is 7.79. The number of hydrogen-bond acceptors (Lipinski definition) is 3. The van der Waals surface area contributed by atoms with Crippen LogP contribution in [0.1, 0.15) is 31.1 Å². The third-order valence-electron chi connectivity index (χ3n) is 3.81. The molecule has 0 saturated heterocycles. The van der Waals surface area contributed by atoms with Gasteiger partial charge in [-0.15, -0.1) is 0 Å². The summed E-state index contributed by atoms with van der Waals surface area (Å²) in [5.74, 6) is -0.300. The van der Waals surface area contributed by atoms with Crippen LogP contribution in [-0.2, 0) is 0 Å². The quantitative estimate of drug-likeness (QED) is 0.882. The molecule has 0 spiro atoms. The van der Waals surface area contributed by atoms with Crippen molar-refractivity contribution in [1.82, 2.24) is 20.0 Å². The maximum atomic E-state index is 13.0. The molecule has 24 heavy (non-hydrogen) atoms. The Labute approximate surface area is 140 Å². The minimum Gasteiger partial charge on any atom is -0.392 e. The molecule has 2 atom stereocenters. The fourth-order valence-corrected chi connectivity index (χ4v) is 2.54. The van der Waals surface area contributed by atoms with Gasteiger partial charge in [-0.3, -0.25) is 0 Å². The summed E-state index contributed by atoms with van der Waals surface area (Å²) >= 11 is 0. The molecular formula is C17H23FN4O2. The summed E-state index contributed by atoms with van der Waals surface area (Å²) in [6, 6.07) is 5.55. The van der Waals surface area contributed by atoms with E-state index in [4.69, 9.17) is 0 Å². The standard InChI is InChI=1S/C17H23FN4O2/c1-11(23)10-21(4)17(24)20-12(2)16-9-19-22(13(16)3)15-7-5-14(18)6-8-15/h5-9,11-12,23H,10H2,1-4H3,(H,20,24). The van der Waals surface area contributed by atoms with Crippen molar-refractivity contribution in [3.8, 4) is 5.69 Å². The van der Waals surface area contributed by atoms with Crippen LogP contribution < -0.4 is 5.32 Å². The SMILES string of the molecule is Cc1c(C(C)NC(=O)N(C)CC(C)O)cnn1-c1ccc(F)cc1. The number of rotatable bonds is 5. The lowest BCUT2D eigenvalue weighted by Gasteiger charge is -2.22. The van der Waals surface area contributed by atoms with Crippen LogP contribution in [0.5, 0.6) is 0 Å². The Bertz CT molecular complexity index is 697. The van der Waals surface area contributed by atoms with Crippen LogP contribution in [0.3, 0.4) is 0 Å². The number of hydrogen-bond donors (Lipinski definition) is 2. The number of amides is 2. The summed E-state index contributed by atoms with van der Waals surface area (Å²) in [6.45, 7) is 5.65. The molecule has 0 bridgehead atoms. The average molecular weight is 334 g/mol. The number of halogens is 1. The molecule has 0 aliphatic rings. The van der Waals surface area contributed by atoms with Crippen molar-refractivity contribution in [2.75, 3.05) is 13.6 Å². The first-order chi connectivity index (χ1) is 11.3. The fourth-order valence-electron chi connectivity index (χ4n) is 2.54. The average Bonchev–Trinajstić information content (AvgIpc) is 2.89. The van der Waals surface area contributed by atoms with E-state index in [0.29, 0.717) is 0 Å². The molecule has 2 aromatic rings. The van der Waals surface area contributed by atoms with Crippen LogP contribution in [-0.4, -0.2) is 45.5 Å². The molecule has 2 N–H and O–H groups in total. The molecule has 0 aliphatic heterocycles. The van der Waals surface area contributed by atoms with Crippen molar-refractivity contribution in [2.45, 2.75) is 32.9 Å². The largest absolute Gasteiger partial charge is 0.392 e. The maximum Gasteiger partial charge on any atom is 0.317 e. The van der Waals surface area contributed by atoms with Gasteiger partial charge < -0.3 is 15.3 Å². The zero-order valence-corrected chi connectivity index (χ0v) is 14.3. The van der Waals surface area contributed by atoms with Crippen LogP contribution in [0.2, 0.25) is 0 Å². The van der Waals surface area contributed by atoms with Crippen LogP contribution in [0.4, 0.5) is 9.18 Å². The molecule has 0 fully saturated rings. The predicted molar refractivity (Wildman–Crippen MR) is 89.5 cm³/mol. The van der Waals surface area contributed by atoms with Gasteiger partial charge in [-0.2, -0.15) is 5.10 Å². The van der Waals surface area contributed by atoms with Gasteiger partial charge in [0.25, 0.3) is 0 Å². The molecule has 6 nitrogen and oxygen atoms in total. The van der Waals surface area contributed by atoms with Gasteiger partial charge in [-0.1, -0.05) is 0 Å². The zero-order valence-electron chi connectivity index (χ0n) is 14.3. The van der Waals surface area contributed by atoms with Gasteiger partial charge in [0.2, 0.25) is 0 Å². The Morgan fingerprint density at radius 3 is 2.58 bits per heavy atom. The lowest BCUT2D eigenvalue weighted by molar-refractivity contribution is 0.142. The van der Waals surface area contributed by atoms with E-state index in [-0.39, 0.29) is 24.4 Å². The summed E-state index contributed by atoms with van der Waals surface area (Å²) in [7, 11) is 1.63. The second-order valence-electron chi connectivity index (χ2n) is 5.97. The van der Waals surface area contributed by atoms with Gasteiger partial charge in [-0.05, 0) is 45.0 Å². The molecule has 130 valence electrons. The molecule has 1 aromatic carbocycles. The van der Waals surface area contributed by atoms with E-state index in [1.54, 1.807) is 37.0 Å². The maximum absolute atomic E-state index is 13.0. The zero-order chi connectivity index (χ0) is 17.9. The Morgan fingerprint density at radius 1 is 1.38 bits per heavy atom. The lowest BCUT2D eigenvalue weighted by atomic mass is 10.1. The van der Waals surface area contributed by atoms with Crippen molar-refractivity contribution in [2.24, 2.45) is 0 Å². The highest BCUT2D eigenvalue weighted by Crippen LogP contribution is 2.20. The summed E-state index contributed by atoms with van der Waals surface area (Å²) in [5, 5.41) is 16.6. The summed E-state index contributed by atoms with van der Waals surface area (Å²) in [5.41, 5.74) is 2.50. The number of nitrogens with one attached hydrogen (secondary N) is 1. The summed E-state index contributed by atoms with van der Waals surface area (Å²) < 4.78 is 14.8. The normalized spacial score (nSPS) is 13.4. The predicted octanol–water partition coefficient (Wildman–Crippen LogP) is 2.40. The van der Waals surface area contributed by atoms with E-state index in [0.717, 1.165) is 16.9 Å². The van der Waals surface area contributed by atoms with Gasteiger partial charge >= 0.3 is 6.03 Å². The molecule has 1 heterocycles. The summed E-state index contributed by atoms with van der Waals surface area (Å²) in [6.07, 6.45) is 1.11. The highest BCUT2D eigenvalue weighted by atomic mass is 19.1. The number of carbonyl (C=O) groups is 1. The fraction of sp³-hybridized carbons (Fsp3) is 0.412. The monoisotopic (exact) mass is 334 g/mol. The first kappa shape index (κ1) is 17.9. The topological polar surface area (TPSA) is 70.4 Å². The van der Waals surface area contributed by atoms with Gasteiger partial charge in [0.1, 0.15) is 5.82 Å². The van der Waals surface area contributed by atoms with E-state index >= 15 is 0 Å². The number of nitrogens with zero attached hydrogens (tertiary/aromatic N) is 3. The molecule has 2 rings (SSSR count). The van der Waals surface area contributed by atoms with E-state index < -0.39 is 6.10 Å². The number of urea groups is 1. The van der Waals surface area contributed by atoms with Crippen LogP contribution in [0.15, 0.2) is 30.5 Å². The Morgan fingerprint density at radius 2 is 2.00 bits per heavy atom. The minimum absolute atomic E-state index is 0.247. The highest BCUT2D eigenvalue weighted by molar-refractivity contribution is 5.74. The molecule has 1 aromatic heterocycles. The Kier molecular flexibility index (Phi) is 5.56. The van der Waals surface area contributed by atoms with Crippen molar-refractivity contribution in [3.05, 3.63) is 47.5 Å². The van der Waals surface area contributed by atoms with Crippen molar-refractivity contribution in [1.29, 1.82) is 0 Å². The van der Waals surface area contributed by atoms with Crippen LogP contribution >= 0.6 is 0 Å². The number of benzene rings is 1. The second-order valence-corrected chi connectivity index (χ2v) is 5.97. The molecule has 0 radical (unpaired) electrons. The number of aliphatic hydroxyl groups excluding tert-OH is 1. The second kappa shape index (κ2) is 7.44. The molecule has 2 amide bonds. The number of carbonyl (C=O) groups excluding carboxylic acids is 1. The van der Waals surface area contributed by atoms with E-state index in [1.807, 2.05) is 13.8 Å². The lowest BCUT2D eigenvalue weighted by Crippen LogP contribution is -2.41. The smallest absolute Gasteiger partial charge is 0.317 e. The van der Waals surface area contributed by atoms with Crippen molar-refractivity contribution >= 4 is 6.03 Å². The molecular weight excluding hydrogens is 311 g/mol. The first-order valence-corrected chi connectivity index (χ1v) is 7.79. The van der Waals surface area contributed by atoms with Gasteiger partial charge in [0.05, 0.1) is 24.0 Å². The summed E-state index contributed by atoms with van der Waals surface area (Å²) in [4.78, 5) is 13.6. The van der Waals surface area contributed by atoms with Crippen LogP contribution in [0, 0.1) is 12.7 Å². The van der Waals surface area contributed by atoms with Crippen molar-refractivity contribution < 1.29 is 14.3 Å².